The highest BCUT2D eigenvalue weighted by molar-refractivity contribution is 5.96. The van der Waals surface area contributed by atoms with Crippen LogP contribution in [0.2, 0.25) is 0 Å². The van der Waals surface area contributed by atoms with Crippen molar-refractivity contribution >= 4 is 5.97 Å². The molecule has 1 saturated heterocycles. The van der Waals surface area contributed by atoms with Gasteiger partial charge in [-0.2, -0.15) is 0 Å². The molecule has 2 atom stereocenters. The van der Waals surface area contributed by atoms with Crippen LogP contribution < -0.4 is 9.47 Å². The number of carbonyl (C=O) groups excluding carboxylic acids is 1. The highest BCUT2D eigenvalue weighted by Crippen LogP contribution is 2.50. The molecule has 0 spiro atoms. The molecule has 5 nitrogen and oxygen atoms in total. The van der Waals surface area contributed by atoms with Crippen LogP contribution in [-0.4, -0.2) is 12.1 Å². The van der Waals surface area contributed by atoms with Gasteiger partial charge in [0.2, 0.25) is 0 Å². The molecule has 0 saturated carbocycles. The molecule has 0 bridgehead atoms. The lowest BCUT2D eigenvalue weighted by Crippen LogP contribution is -2.43. The van der Waals surface area contributed by atoms with Crippen molar-refractivity contribution in [2.45, 2.75) is 57.2 Å². The Bertz CT molecular complexity index is 1380. The van der Waals surface area contributed by atoms with Crippen LogP contribution in [0.5, 0.6) is 11.5 Å². The lowest BCUT2D eigenvalue weighted by atomic mass is 9.93. The molecule has 2 unspecified atom stereocenters. The van der Waals surface area contributed by atoms with E-state index < -0.39 is 11.8 Å². The van der Waals surface area contributed by atoms with Crippen LogP contribution in [-0.2, 0) is 21.9 Å². The predicted octanol–water partition coefficient (Wildman–Crippen LogP) is 7.74. The number of benzene rings is 4. The minimum Gasteiger partial charge on any atom is -0.489 e. The zero-order chi connectivity index (χ0) is 26.7. The van der Waals surface area contributed by atoms with Gasteiger partial charge in [-0.15, -0.1) is 0 Å². The molecule has 4 aromatic carbocycles. The second-order valence-electron chi connectivity index (χ2n) is 10.1. The Kier molecular flexibility index (Phi) is 7.08. The molecule has 0 amide bonds. The van der Waals surface area contributed by atoms with Crippen molar-refractivity contribution in [3.63, 3.8) is 0 Å². The number of cyclic esters (lactones) is 1. The van der Waals surface area contributed by atoms with E-state index in [-0.39, 0.29) is 12.2 Å². The summed E-state index contributed by atoms with van der Waals surface area (Å²) in [6, 6.07) is 32.9. The first-order valence-electron chi connectivity index (χ1n) is 13.7. The Balaban J connectivity index is 1.41. The Morgan fingerprint density at radius 1 is 0.795 bits per heavy atom. The maximum Gasteiger partial charge on any atom is 0.346 e. The smallest absolute Gasteiger partial charge is 0.346 e. The quantitative estimate of drug-likeness (QED) is 0.122. The third kappa shape index (κ3) is 5.15. The highest BCUT2D eigenvalue weighted by atomic mass is 16.7. The maximum atomic E-state index is 13.9. The highest BCUT2D eigenvalue weighted by Gasteiger charge is 2.50. The van der Waals surface area contributed by atoms with Gasteiger partial charge in [-0.05, 0) is 18.1 Å². The maximum absolute atomic E-state index is 13.9. The Morgan fingerprint density at radius 3 is 2.08 bits per heavy atom. The number of rotatable bonds is 10. The number of carbonyl (C=O) groups is 1. The van der Waals surface area contributed by atoms with E-state index in [2.05, 4.69) is 6.92 Å². The predicted molar refractivity (Wildman–Crippen MR) is 149 cm³/mol. The first kappa shape index (κ1) is 25.2. The molecule has 1 fully saturated rings. The normalized spacial score (nSPS) is 18.9. The topological polar surface area (TPSA) is 57.3 Å². The standard InChI is InChI=1S/C34H32O5/c1-2-3-7-20-29-32(37-29)28-21-27(36-23-24-14-8-4-9-15-24)22-30-31(28)33(35)39-34(38-30,25-16-10-5-11-17-25)26-18-12-6-13-19-26/h4-6,8-19,21-22,29,32H,2-3,7,20,23H2,1H3. The van der Waals surface area contributed by atoms with Crippen LogP contribution in [0.4, 0.5) is 0 Å². The Hall–Kier alpha value is -4.09. The molecule has 0 aromatic heterocycles. The van der Waals surface area contributed by atoms with E-state index in [0.29, 0.717) is 23.7 Å². The van der Waals surface area contributed by atoms with Crippen molar-refractivity contribution in [3.8, 4) is 11.5 Å². The molecule has 0 N–H and O–H groups in total. The lowest BCUT2D eigenvalue weighted by Gasteiger charge is -2.38. The van der Waals surface area contributed by atoms with E-state index in [9.17, 15) is 4.79 Å². The van der Waals surface area contributed by atoms with Gasteiger partial charge in [0.25, 0.3) is 0 Å². The average Bonchev–Trinajstić information content (AvgIpc) is 3.76. The number of fused-ring (bicyclic) bond motifs is 1. The van der Waals surface area contributed by atoms with E-state index in [1.54, 1.807) is 6.07 Å². The summed E-state index contributed by atoms with van der Waals surface area (Å²) in [7, 11) is 0. The summed E-state index contributed by atoms with van der Waals surface area (Å²) >= 11 is 0. The van der Waals surface area contributed by atoms with Gasteiger partial charge < -0.3 is 18.9 Å². The lowest BCUT2D eigenvalue weighted by molar-refractivity contribution is -0.131. The molecule has 2 aliphatic rings. The van der Waals surface area contributed by atoms with E-state index in [4.69, 9.17) is 18.9 Å². The first-order valence-corrected chi connectivity index (χ1v) is 13.7. The van der Waals surface area contributed by atoms with Crippen LogP contribution in [0.15, 0.2) is 103 Å². The summed E-state index contributed by atoms with van der Waals surface area (Å²) in [5.74, 6) is -0.800. The van der Waals surface area contributed by atoms with Gasteiger partial charge in [-0.1, -0.05) is 117 Å². The van der Waals surface area contributed by atoms with Crippen molar-refractivity contribution in [1.82, 2.24) is 0 Å². The van der Waals surface area contributed by atoms with Crippen LogP contribution in [0, 0.1) is 0 Å². The Labute approximate surface area is 229 Å². The minimum atomic E-state index is -1.42. The molecular formula is C34H32O5. The van der Waals surface area contributed by atoms with Crippen LogP contribution >= 0.6 is 0 Å². The second kappa shape index (κ2) is 11.0. The molecule has 5 heteroatoms. The van der Waals surface area contributed by atoms with Crippen LogP contribution in [0.25, 0.3) is 0 Å². The van der Waals surface area contributed by atoms with Crippen molar-refractivity contribution in [2.24, 2.45) is 0 Å². The van der Waals surface area contributed by atoms with Crippen molar-refractivity contribution in [2.75, 3.05) is 0 Å². The molecule has 0 radical (unpaired) electrons. The molecule has 2 heterocycles. The molecule has 39 heavy (non-hydrogen) atoms. The van der Waals surface area contributed by atoms with Gasteiger partial charge in [0.15, 0.2) is 0 Å². The van der Waals surface area contributed by atoms with Gasteiger partial charge in [0.05, 0.1) is 6.10 Å². The van der Waals surface area contributed by atoms with E-state index >= 15 is 0 Å². The number of unbranched alkanes of at least 4 members (excludes halogenated alkanes) is 2. The average molecular weight is 521 g/mol. The number of hydrogen-bond acceptors (Lipinski definition) is 5. The van der Waals surface area contributed by atoms with E-state index in [0.717, 1.165) is 47.9 Å². The van der Waals surface area contributed by atoms with Crippen molar-refractivity contribution < 1.29 is 23.7 Å². The summed E-state index contributed by atoms with van der Waals surface area (Å²) in [5, 5.41) is 0. The van der Waals surface area contributed by atoms with E-state index in [1.807, 2.05) is 97.1 Å². The van der Waals surface area contributed by atoms with Crippen LogP contribution in [0.1, 0.15) is 71.3 Å². The summed E-state index contributed by atoms with van der Waals surface area (Å²) in [6.07, 6.45) is 4.25. The number of esters is 1. The van der Waals surface area contributed by atoms with Crippen molar-refractivity contribution in [3.05, 3.63) is 131 Å². The third-order valence-corrected chi connectivity index (χ3v) is 7.34. The summed E-state index contributed by atoms with van der Waals surface area (Å²) in [5.41, 5.74) is 3.68. The van der Waals surface area contributed by atoms with Gasteiger partial charge in [-0.3, -0.25) is 0 Å². The zero-order valence-corrected chi connectivity index (χ0v) is 22.0. The van der Waals surface area contributed by atoms with Gasteiger partial charge in [0.1, 0.15) is 29.8 Å². The third-order valence-electron chi connectivity index (χ3n) is 7.34. The largest absolute Gasteiger partial charge is 0.489 e. The van der Waals surface area contributed by atoms with E-state index in [1.165, 1.54) is 0 Å². The number of hydrogen-bond donors (Lipinski definition) is 0. The molecule has 198 valence electrons. The first-order chi connectivity index (χ1) is 19.2. The second-order valence-corrected chi connectivity index (χ2v) is 10.1. The summed E-state index contributed by atoms with van der Waals surface area (Å²) in [4.78, 5) is 13.9. The fourth-order valence-corrected chi connectivity index (χ4v) is 5.26. The monoisotopic (exact) mass is 520 g/mol. The molecular weight excluding hydrogens is 488 g/mol. The number of epoxide rings is 1. The summed E-state index contributed by atoms with van der Waals surface area (Å²) in [6.45, 7) is 2.59. The molecule has 6 rings (SSSR count). The fraction of sp³-hybridized carbons (Fsp3) is 0.265. The van der Waals surface area contributed by atoms with Crippen LogP contribution in [0.3, 0.4) is 0 Å². The zero-order valence-electron chi connectivity index (χ0n) is 22.0. The van der Waals surface area contributed by atoms with Gasteiger partial charge in [-0.25, -0.2) is 4.79 Å². The minimum absolute atomic E-state index is 0.0766. The fourth-order valence-electron chi connectivity index (χ4n) is 5.26. The molecule has 0 aliphatic carbocycles. The SMILES string of the molecule is CCCCCC1OC1c1cc(OCc2ccccc2)cc2c1C(=O)OC(c1ccccc1)(c1ccccc1)O2. The summed E-state index contributed by atoms with van der Waals surface area (Å²) < 4.78 is 25.3. The molecule has 4 aromatic rings. The van der Waals surface area contributed by atoms with Gasteiger partial charge >= 0.3 is 11.8 Å². The van der Waals surface area contributed by atoms with Crippen molar-refractivity contribution in [1.29, 1.82) is 0 Å². The number of ether oxygens (including phenoxy) is 4. The molecule has 2 aliphatic heterocycles. The Morgan fingerprint density at radius 2 is 1.44 bits per heavy atom. The van der Waals surface area contributed by atoms with Gasteiger partial charge in [0, 0.05) is 22.8 Å².